The maximum Gasteiger partial charge on any atom is 0.418 e. The summed E-state index contributed by atoms with van der Waals surface area (Å²) in [6.07, 6.45) is -7.62. The number of ether oxygens (including phenoxy) is 1. The quantitative estimate of drug-likeness (QED) is 0.261. The highest BCUT2D eigenvalue weighted by atomic mass is 32.2. The molecule has 2 fully saturated rings. The number of amides is 2. The largest absolute Gasteiger partial charge is 0.418 e. The Morgan fingerprint density at radius 2 is 1.65 bits per heavy atom. The first kappa shape index (κ1) is 33.1. The summed E-state index contributed by atoms with van der Waals surface area (Å²) in [5, 5.41) is 3.31. The summed E-state index contributed by atoms with van der Waals surface area (Å²) in [4.78, 5) is 27.4. The molecule has 0 bridgehead atoms. The number of likely N-dealkylation sites (tertiary alicyclic amines) is 1. The van der Waals surface area contributed by atoms with Gasteiger partial charge in [0.2, 0.25) is 11.8 Å². The zero-order valence-electron chi connectivity index (χ0n) is 23.3. The van der Waals surface area contributed by atoms with Crippen molar-refractivity contribution >= 4 is 47.1 Å². The molecular formula is C29H31F6N3O3S2. The molecule has 234 valence electrons. The second kappa shape index (κ2) is 14.3. The fraction of sp³-hybridized carbons (Fsp3) is 0.448. The molecule has 43 heavy (non-hydrogen) atoms. The lowest BCUT2D eigenvalue weighted by molar-refractivity contribution is -0.163. The minimum absolute atomic E-state index is 0.000626. The first-order valence-electron chi connectivity index (χ1n) is 13.5. The normalized spacial score (nSPS) is 17.0. The molecule has 2 aliphatic heterocycles. The van der Waals surface area contributed by atoms with E-state index in [0.29, 0.717) is 72.9 Å². The zero-order chi connectivity index (χ0) is 31.2. The van der Waals surface area contributed by atoms with Gasteiger partial charge in [-0.1, -0.05) is 23.9 Å². The lowest BCUT2D eigenvalue weighted by atomic mass is 9.99. The second-order valence-electron chi connectivity index (χ2n) is 10.0. The van der Waals surface area contributed by atoms with Gasteiger partial charge in [-0.3, -0.25) is 9.59 Å². The maximum atomic E-state index is 14.3. The van der Waals surface area contributed by atoms with Gasteiger partial charge in [0.05, 0.1) is 11.1 Å². The van der Waals surface area contributed by atoms with Crippen molar-refractivity contribution in [3.63, 3.8) is 0 Å². The van der Waals surface area contributed by atoms with Gasteiger partial charge in [0.15, 0.2) is 0 Å². The van der Waals surface area contributed by atoms with E-state index in [-0.39, 0.29) is 18.6 Å². The van der Waals surface area contributed by atoms with Gasteiger partial charge in [0.1, 0.15) is 6.61 Å². The fourth-order valence-corrected chi connectivity index (χ4v) is 6.91. The summed E-state index contributed by atoms with van der Waals surface area (Å²) in [7, 11) is 1.45. The monoisotopic (exact) mass is 647 g/mol. The van der Waals surface area contributed by atoms with Crippen LogP contribution >= 0.6 is 23.5 Å². The number of nitrogens with zero attached hydrogens (tertiary/aromatic N) is 2. The van der Waals surface area contributed by atoms with Gasteiger partial charge < -0.3 is 19.9 Å². The van der Waals surface area contributed by atoms with Gasteiger partial charge in [0, 0.05) is 72.4 Å². The number of piperidine rings is 1. The Balaban J connectivity index is 1.56. The number of thioether (sulfide) groups is 1. The molecule has 0 spiro atoms. The summed E-state index contributed by atoms with van der Waals surface area (Å²) in [6, 6.07) is 8.44. The van der Waals surface area contributed by atoms with Crippen LogP contribution in [0.5, 0.6) is 0 Å². The standard InChI is InChI=1S/C29H31F6N3O3S2/c1-41-18-25(40)37-11-9-20(10-12-37)36-21-3-2-4-22(17-21)43-23-7-5-19(6-8-24(39)38-13-15-42-16-14-38)26(28(30,31)32)27(23)29(33,34)35/h2-8,17,20,36H,9-16,18H2,1H3/b8-6+. The Kier molecular flexibility index (Phi) is 11.0. The lowest BCUT2D eigenvalue weighted by Gasteiger charge is -2.32. The number of rotatable bonds is 8. The number of carbonyl (C=O) groups excluding carboxylic acids is 2. The number of benzene rings is 2. The van der Waals surface area contributed by atoms with E-state index in [1.54, 1.807) is 34.9 Å². The number of methoxy groups -OCH3 is 1. The molecule has 2 saturated heterocycles. The number of carbonyl (C=O) groups is 2. The molecule has 2 aromatic carbocycles. The third-order valence-electron chi connectivity index (χ3n) is 7.04. The van der Waals surface area contributed by atoms with Gasteiger partial charge in [-0.05, 0) is 48.7 Å². The summed E-state index contributed by atoms with van der Waals surface area (Å²) in [5.41, 5.74) is -3.74. The SMILES string of the molecule is COCC(=O)N1CCC(Nc2cccc(Sc3ccc(/C=C/C(=O)N4CCSCC4)c(C(F)(F)F)c3C(F)(F)F)c2)CC1. The van der Waals surface area contributed by atoms with Crippen molar-refractivity contribution in [3.05, 3.63) is 59.2 Å². The predicted molar refractivity (Wildman–Crippen MR) is 155 cm³/mol. The smallest absolute Gasteiger partial charge is 0.382 e. The average Bonchev–Trinajstić information content (AvgIpc) is 2.96. The number of alkyl halides is 6. The highest BCUT2D eigenvalue weighted by Gasteiger charge is 2.46. The molecule has 0 aliphatic carbocycles. The van der Waals surface area contributed by atoms with E-state index in [1.807, 2.05) is 0 Å². The molecule has 0 unspecified atom stereocenters. The van der Waals surface area contributed by atoms with Gasteiger partial charge >= 0.3 is 12.4 Å². The molecule has 2 aromatic rings. The van der Waals surface area contributed by atoms with Crippen molar-refractivity contribution in [2.24, 2.45) is 0 Å². The van der Waals surface area contributed by atoms with E-state index in [9.17, 15) is 35.9 Å². The van der Waals surface area contributed by atoms with Crippen LogP contribution in [0, 0.1) is 0 Å². The van der Waals surface area contributed by atoms with Gasteiger partial charge in [0.25, 0.3) is 0 Å². The molecule has 0 radical (unpaired) electrons. The number of anilines is 1. The number of nitrogens with one attached hydrogen (secondary N) is 1. The van der Waals surface area contributed by atoms with Crippen molar-refractivity contribution < 1.29 is 40.7 Å². The number of hydrogen-bond donors (Lipinski definition) is 1. The molecule has 0 atom stereocenters. The summed E-state index contributed by atoms with van der Waals surface area (Å²) < 4.78 is 90.3. The van der Waals surface area contributed by atoms with Crippen LogP contribution < -0.4 is 5.32 Å². The predicted octanol–water partition coefficient (Wildman–Crippen LogP) is 6.51. The Morgan fingerprint density at radius 3 is 2.28 bits per heavy atom. The molecule has 1 N–H and O–H groups in total. The second-order valence-corrected chi connectivity index (χ2v) is 12.4. The zero-order valence-corrected chi connectivity index (χ0v) is 24.9. The molecule has 6 nitrogen and oxygen atoms in total. The highest BCUT2D eigenvalue weighted by Crippen LogP contribution is 2.48. The van der Waals surface area contributed by atoms with Gasteiger partial charge in [-0.25, -0.2) is 0 Å². The third-order valence-corrected chi connectivity index (χ3v) is 9.03. The van der Waals surface area contributed by atoms with Crippen LogP contribution in [0.3, 0.4) is 0 Å². The molecular weight excluding hydrogens is 616 g/mol. The Hall–Kier alpha value is -2.84. The Bertz CT molecular complexity index is 1320. The van der Waals surface area contributed by atoms with Crippen LogP contribution in [0.15, 0.2) is 52.3 Å². The van der Waals surface area contributed by atoms with Crippen LogP contribution in [-0.2, 0) is 26.7 Å². The van der Waals surface area contributed by atoms with Crippen LogP contribution in [0.25, 0.3) is 6.08 Å². The van der Waals surface area contributed by atoms with Crippen molar-refractivity contribution in [1.82, 2.24) is 9.80 Å². The fourth-order valence-electron chi connectivity index (χ4n) is 4.96. The Morgan fingerprint density at radius 1 is 0.977 bits per heavy atom. The van der Waals surface area contributed by atoms with E-state index in [2.05, 4.69) is 5.32 Å². The van der Waals surface area contributed by atoms with E-state index in [4.69, 9.17) is 4.74 Å². The minimum atomic E-state index is -5.32. The summed E-state index contributed by atoms with van der Waals surface area (Å²) in [6.45, 7) is 1.88. The van der Waals surface area contributed by atoms with E-state index >= 15 is 0 Å². The molecule has 2 aliphatic rings. The highest BCUT2D eigenvalue weighted by molar-refractivity contribution is 7.99. The minimum Gasteiger partial charge on any atom is -0.382 e. The van der Waals surface area contributed by atoms with Crippen LogP contribution in [0.4, 0.5) is 32.0 Å². The lowest BCUT2D eigenvalue weighted by Crippen LogP contribution is -2.43. The third kappa shape index (κ3) is 8.85. The van der Waals surface area contributed by atoms with Crippen LogP contribution in [-0.4, -0.2) is 79.1 Å². The summed E-state index contributed by atoms with van der Waals surface area (Å²) in [5.74, 6) is 0.719. The Labute approximate surface area is 254 Å². The van der Waals surface area contributed by atoms with E-state index in [1.165, 1.54) is 18.1 Å². The van der Waals surface area contributed by atoms with Crippen molar-refractivity contribution in [3.8, 4) is 0 Å². The van der Waals surface area contributed by atoms with Crippen LogP contribution in [0.2, 0.25) is 0 Å². The molecule has 14 heteroatoms. The van der Waals surface area contributed by atoms with E-state index in [0.717, 1.165) is 24.3 Å². The van der Waals surface area contributed by atoms with Crippen molar-refractivity contribution in [2.75, 3.05) is 56.7 Å². The molecule has 2 amide bonds. The van der Waals surface area contributed by atoms with Crippen molar-refractivity contribution in [1.29, 1.82) is 0 Å². The molecule has 4 rings (SSSR count). The number of hydrogen-bond acceptors (Lipinski definition) is 6. The van der Waals surface area contributed by atoms with Crippen LogP contribution in [0.1, 0.15) is 29.5 Å². The molecule has 0 aromatic heterocycles. The molecule has 2 heterocycles. The first-order chi connectivity index (χ1) is 20.4. The average molecular weight is 648 g/mol. The topological polar surface area (TPSA) is 61.9 Å². The summed E-state index contributed by atoms with van der Waals surface area (Å²) >= 11 is 2.23. The number of halogens is 6. The molecule has 0 saturated carbocycles. The van der Waals surface area contributed by atoms with Gasteiger partial charge in [-0.2, -0.15) is 38.1 Å². The van der Waals surface area contributed by atoms with Crippen molar-refractivity contribution in [2.45, 2.75) is 41.0 Å². The van der Waals surface area contributed by atoms with Gasteiger partial charge in [-0.15, -0.1) is 0 Å². The van der Waals surface area contributed by atoms with E-state index < -0.39 is 39.8 Å². The first-order valence-corrected chi connectivity index (χ1v) is 15.5. The maximum absolute atomic E-state index is 14.3.